The van der Waals surface area contributed by atoms with Gasteiger partial charge >= 0.3 is 6.09 Å². The molecule has 1 N–H and O–H groups in total. The molecule has 1 amide bonds. The van der Waals surface area contributed by atoms with Gasteiger partial charge in [0.2, 0.25) is 0 Å². The monoisotopic (exact) mass is 285 g/mol. The molecule has 4 nitrogen and oxygen atoms in total. The van der Waals surface area contributed by atoms with E-state index in [1.807, 2.05) is 6.92 Å². The third-order valence-electron chi connectivity index (χ3n) is 2.62. The maximum atomic E-state index is 12.0. The fraction of sp³-hybridized carbons (Fsp3) is 0.500. The van der Waals surface area contributed by atoms with Crippen molar-refractivity contribution in [1.82, 2.24) is 0 Å². The van der Waals surface area contributed by atoms with Gasteiger partial charge in [0, 0.05) is 23.9 Å². The standard InChI is InChI=1S/C14H20ClNO3/c1-2-3-11-19-14(18)16(9-4-10-17)13-7-5-12(15)6-8-13/h5-8,17H,2-4,9-11H2,1H3. The fourth-order valence-corrected chi connectivity index (χ4v) is 1.68. The highest BCUT2D eigenvalue weighted by molar-refractivity contribution is 6.30. The Hall–Kier alpha value is -1.26. The number of anilines is 1. The molecule has 0 aromatic heterocycles. The summed E-state index contributed by atoms with van der Waals surface area (Å²) >= 11 is 5.83. The summed E-state index contributed by atoms with van der Waals surface area (Å²) in [4.78, 5) is 13.5. The molecule has 0 spiro atoms. The fourth-order valence-electron chi connectivity index (χ4n) is 1.56. The van der Waals surface area contributed by atoms with Gasteiger partial charge < -0.3 is 9.84 Å². The van der Waals surface area contributed by atoms with E-state index in [9.17, 15) is 4.79 Å². The highest BCUT2D eigenvalue weighted by atomic mass is 35.5. The first-order valence-electron chi connectivity index (χ1n) is 6.49. The van der Waals surface area contributed by atoms with Crippen LogP contribution in [-0.4, -0.2) is 31.0 Å². The van der Waals surface area contributed by atoms with Gasteiger partial charge in [-0.05, 0) is 37.1 Å². The van der Waals surface area contributed by atoms with Crippen molar-refractivity contribution >= 4 is 23.4 Å². The van der Waals surface area contributed by atoms with Crippen molar-refractivity contribution in [3.8, 4) is 0 Å². The third kappa shape index (κ3) is 5.49. The van der Waals surface area contributed by atoms with Crippen LogP contribution in [0.15, 0.2) is 24.3 Å². The van der Waals surface area contributed by atoms with Gasteiger partial charge in [-0.1, -0.05) is 24.9 Å². The number of ether oxygens (including phenoxy) is 1. The zero-order valence-corrected chi connectivity index (χ0v) is 11.9. The summed E-state index contributed by atoms with van der Waals surface area (Å²) in [5.41, 5.74) is 0.722. The number of amides is 1. The average molecular weight is 286 g/mol. The molecule has 0 aliphatic carbocycles. The average Bonchev–Trinajstić information content (AvgIpc) is 2.41. The van der Waals surface area contributed by atoms with Crippen LogP contribution in [0, 0.1) is 0 Å². The highest BCUT2D eigenvalue weighted by Crippen LogP contribution is 2.19. The summed E-state index contributed by atoms with van der Waals surface area (Å²) in [6.45, 7) is 2.91. The van der Waals surface area contributed by atoms with Gasteiger partial charge in [-0.2, -0.15) is 0 Å². The number of aliphatic hydroxyl groups is 1. The molecule has 0 heterocycles. The second-order valence-corrected chi connectivity index (χ2v) is 4.61. The Morgan fingerprint density at radius 1 is 1.32 bits per heavy atom. The Morgan fingerprint density at radius 2 is 2.00 bits per heavy atom. The SMILES string of the molecule is CCCCOC(=O)N(CCCO)c1ccc(Cl)cc1. The number of aliphatic hydroxyl groups excluding tert-OH is 1. The number of hydrogen-bond acceptors (Lipinski definition) is 3. The molecule has 5 heteroatoms. The van der Waals surface area contributed by atoms with Gasteiger partial charge in [-0.15, -0.1) is 0 Å². The number of hydrogen-bond donors (Lipinski definition) is 1. The predicted octanol–water partition coefficient (Wildman–Crippen LogP) is 3.47. The number of benzene rings is 1. The molecule has 0 bridgehead atoms. The number of rotatable bonds is 7. The second kappa shape index (κ2) is 8.77. The molecule has 0 fully saturated rings. The molecule has 1 aromatic rings. The van der Waals surface area contributed by atoms with Gasteiger partial charge in [-0.25, -0.2) is 4.79 Å². The molecular formula is C14H20ClNO3. The zero-order valence-electron chi connectivity index (χ0n) is 11.1. The Morgan fingerprint density at radius 3 is 2.58 bits per heavy atom. The topological polar surface area (TPSA) is 49.8 Å². The van der Waals surface area contributed by atoms with Crippen LogP contribution in [0.25, 0.3) is 0 Å². The maximum Gasteiger partial charge on any atom is 0.414 e. The summed E-state index contributed by atoms with van der Waals surface area (Å²) in [7, 11) is 0. The number of nitrogens with zero attached hydrogens (tertiary/aromatic N) is 1. The van der Waals surface area contributed by atoms with Crippen LogP contribution in [-0.2, 0) is 4.74 Å². The zero-order chi connectivity index (χ0) is 14.1. The quantitative estimate of drug-likeness (QED) is 0.781. The lowest BCUT2D eigenvalue weighted by molar-refractivity contribution is 0.151. The van der Waals surface area contributed by atoms with E-state index in [2.05, 4.69) is 0 Å². The van der Waals surface area contributed by atoms with E-state index in [-0.39, 0.29) is 12.7 Å². The van der Waals surface area contributed by atoms with Crippen LogP contribution in [0.3, 0.4) is 0 Å². The molecule has 0 unspecified atom stereocenters. The Labute approximate surface area is 118 Å². The van der Waals surface area contributed by atoms with Crippen LogP contribution in [0.5, 0.6) is 0 Å². The van der Waals surface area contributed by atoms with Crippen LogP contribution in [0.4, 0.5) is 10.5 Å². The van der Waals surface area contributed by atoms with Crippen LogP contribution in [0.1, 0.15) is 26.2 Å². The van der Waals surface area contributed by atoms with E-state index in [0.29, 0.717) is 24.6 Å². The summed E-state index contributed by atoms with van der Waals surface area (Å²) < 4.78 is 5.20. The van der Waals surface area contributed by atoms with Crippen LogP contribution < -0.4 is 4.90 Å². The number of unbranched alkanes of at least 4 members (excludes halogenated alkanes) is 1. The lowest BCUT2D eigenvalue weighted by Gasteiger charge is -2.22. The van der Waals surface area contributed by atoms with Gasteiger partial charge in [0.25, 0.3) is 0 Å². The molecule has 1 aromatic carbocycles. The minimum atomic E-state index is -0.385. The van der Waals surface area contributed by atoms with E-state index >= 15 is 0 Å². The molecular weight excluding hydrogens is 266 g/mol. The molecule has 106 valence electrons. The van der Waals surface area contributed by atoms with Gasteiger partial charge in [0.15, 0.2) is 0 Å². The Balaban J connectivity index is 2.70. The number of halogens is 1. The summed E-state index contributed by atoms with van der Waals surface area (Å²) in [5.74, 6) is 0. The van der Waals surface area contributed by atoms with E-state index in [1.165, 1.54) is 4.90 Å². The molecule has 19 heavy (non-hydrogen) atoms. The van der Waals surface area contributed by atoms with E-state index in [4.69, 9.17) is 21.4 Å². The van der Waals surface area contributed by atoms with Crippen LogP contribution >= 0.6 is 11.6 Å². The summed E-state index contributed by atoms with van der Waals surface area (Å²) in [6.07, 6.45) is 1.94. The largest absolute Gasteiger partial charge is 0.449 e. The molecule has 0 saturated heterocycles. The first-order valence-corrected chi connectivity index (χ1v) is 6.87. The van der Waals surface area contributed by atoms with Crippen molar-refractivity contribution in [3.05, 3.63) is 29.3 Å². The van der Waals surface area contributed by atoms with Gasteiger partial charge in [0.1, 0.15) is 0 Å². The molecule has 1 rings (SSSR count). The highest BCUT2D eigenvalue weighted by Gasteiger charge is 2.16. The molecule has 0 aliphatic rings. The number of carbonyl (C=O) groups excluding carboxylic acids is 1. The van der Waals surface area contributed by atoms with Crippen molar-refractivity contribution in [1.29, 1.82) is 0 Å². The summed E-state index contributed by atoms with van der Waals surface area (Å²) in [5, 5.41) is 9.52. The number of carbonyl (C=O) groups is 1. The van der Waals surface area contributed by atoms with Crippen molar-refractivity contribution in [2.24, 2.45) is 0 Å². The van der Waals surface area contributed by atoms with Crippen molar-refractivity contribution < 1.29 is 14.6 Å². The first-order chi connectivity index (χ1) is 9.19. The third-order valence-corrected chi connectivity index (χ3v) is 2.87. The Kier molecular flexibility index (Phi) is 7.30. The second-order valence-electron chi connectivity index (χ2n) is 4.17. The van der Waals surface area contributed by atoms with E-state index < -0.39 is 0 Å². The summed E-state index contributed by atoms with van der Waals surface area (Å²) in [6, 6.07) is 6.98. The normalized spacial score (nSPS) is 10.3. The minimum Gasteiger partial charge on any atom is -0.449 e. The van der Waals surface area contributed by atoms with Crippen molar-refractivity contribution in [2.45, 2.75) is 26.2 Å². The van der Waals surface area contributed by atoms with Crippen LogP contribution in [0.2, 0.25) is 5.02 Å². The predicted molar refractivity (Wildman–Crippen MR) is 76.8 cm³/mol. The molecule has 0 aliphatic heterocycles. The first kappa shape index (κ1) is 15.8. The Bertz CT molecular complexity index is 381. The van der Waals surface area contributed by atoms with Gasteiger partial charge in [0.05, 0.1) is 6.61 Å². The lowest BCUT2D eigenvalue weighted by atomic mass is 10.3. The smallest absolute Gasteiger partial charge is 0.414 e. The molecule has 0 saturated carbocycles. The van der Waals surface area contributed by atoms with E-state index in [1.54, 1.807) is 24.3 Å². The maximum absolute atomic E-state index is 12.0. The van der Waals surface area contributed by atoms with Crippen molar-refractivity contribution in [2.75, 3.05) is 24.7 Å². The van der Waals surface area contributed by atoms with Crippen molar-refractivity contribution in [3.63, 3.8) is 0 Å². The van der Waals surface area contributed by atoms with E-state index in [0.717, 1.165) is 18.5 Å². The lowest BCUT2D eigenvalue weighted by Crippen LogP contribution is -2.33. The molecule has 0 atom stereocenters. The van der Waals surface area contributed by atoms with Gasteiger partial charge in [-0.3, -0.25) is 4.90 Å². The minimum absolute atomic E-state index is 0.0341. The molecule has 0 radical (unpaired) electrons.